The summed E-state index contributed by atoms with van der Waals surface area (Å²) in [5.41, 5.74) is 3.18. The lowest BCUT2D eigenvalue weighted by molar-refractivity contribution is 0.401. The van der Waals surface area contributed by atoms with Crippen molar-refractivity contribution in [1.29, 1.82) is 0 Å². The lowest BCUT2D eigenvalue weighted by Gasteiger charge is -2.04. The van der Waals surface area contributed by atoms with Crippen molar-refractivity contribution in [3.05, 3.63) is 84.8 Å². The van der Waals surface area contributed by atoms with Gasteiger partial charge in [-0.1, -0.05) is 74.7 Å². The Kier molecular flexibility index (Phi) is 12.9. The first-order chi connectivity index (χ1) is 13.3. The van der Waals surface area contributed by atoms with Gasteiger partial charge >= 0.3 is 0 Å². The summed E-state index contributed by atoms with van der Waals surface area (Å²) in [5, 5.41) is 8.71. The number of aryl methyl sites for hydroxylation is 1. The smallest absolute Gasteiger partial charge is 0.0889 e. The second-order valence-electron chi connectivity index (χ2n) is 6.05. The number of nitrogens with zero attached hydrogens (tertiary/aromatic N) is 2. The van der Waals surface area contributed by atoms with E-state index in [4.69, 9.17) is 4.74 Å². The molecule has 0 fully saturated rings. The fourth-order valence-electron chi connectivity index (χ4n) is 2.37. The molecular weight excluding hydrogens is 332 g/mol. The standard InChI is InChI=1S/C18H22N2.C6H10O/c1-2-3-4-6-11-16-12-9-10-15-18(16)20-19-17-13-7-5-8-14-17;1-3-5-7-6-4-2/h5,7-10,12-15H,2-4,6,11H2,1H3;3-6H,1-2H3. The van der Waals surface area contributed by atoms with E-state index >= 15 is 0 Å². The molecule has 0 atom stereocenters. The molecule has 0 unspecified atom stereocenters. The molecule has 27 heavy (non-hydrogen) atoms. The number of rotatable bonds is 9. The molecular formula is C24H32N2O. The predicted molar refractivity (Wildman–Crippen MR) is 116 cm³/mol. The van der Waals surface area contributed by atoms with Gasteiger partial charge in [0.2, 0.25) is 0 Å². The van der Waals surface area contributed by atoms with E-state index in [1.807, 2.05) is 68.5 Å². The van der Waals surface area contributed by atoms with Gasteiger partial charge in [0.15, 0.2) is 0 Å². The van der Waals surface area contributed by atoms with Gasteiger partial charge in [0, 0.05) is 0 Å². The Bertz CT molecular complexity index is 681. The van der Waals surface area contributed by atoms with Crippen molar-refractivity contribution in [2.75, 3.05) is 0 Å². The van der Waals surface area contributed by atoms with Crippen LogP contribution >= 0.6 is 0 Å². The van der Waals surface area contributed by atoms with Crippen LogP contribution in [0.3, 0.4) is 0 Å². The van der Waals surface area contributed by atoms with Gasteiger partial charge in [0.25, 0.3) is 0 Å². The Hall–Kier alpha value is -2.68. The number of azo groups is 1. The molecule has 3 nitrogen and oxygen atoms in total. The van der Waals surface area contributed by atoms with Crippen molar-refractivity contribution in [1.82, 2.24) is 0 Å². The predicted octanol–water partition coefficient (Wildman–Crippen LogP) is 8.30. The maximum Gasteiger partial charge on any atom is 0.0889 e. The van der Waals surface area contributed by atoms with Gasteiger partial charge in [-0.3, -0.25) is 0 Å². The number of hydrogen-bond donors (Lipinski definition) is 0. The Morgan fingerprint density at radius 3 is 2.11 bits per heavy atom. The summed E-state index contributed by atoms with van der Waals surface area (Å²) in [6.07, 6.45) is 13.1. The van der Waals surface area contributed by atoms with Gasteiger partial charge < -0.3 is 4.74 Å². The highest BCUT2D eigenvalue weighted by atomic mass is 16.5. The normalized spacial score (nSPS) is 11.1. The van der Waals surface area contributed by atoms with E-state index in [1.165, 1.54) is 31.2 Å². The zero-order chi connectivity index (χ0) is 19.6. The van der Waals surface area contributed by atoms with Crippen LogP contribution in [0.15, 0.2) is 89.5 Å². The van der Waals surface area contributed by atoms with Crippen molar-refractivity contribution < 1.29 is 4.74 Å². The van der Waals surface area contributed by atoms with E-state index in [0.29, 0.717) is 0 Å². The van der Waals surface area contributed by atoms with E-state index in [2.05, 4.69) is 29.3 Å². The lowest BCUT2D eigenvalue weighted by Crippen LogP contribution is -1.86. The maximum atomic E-state index is 4.77. The minimum absolute atomic E-state index is 0.897. The van der Waals surface area contributed by atoms with Gasteiger partial charge in [-0.15, -0.1) is 0 Å². The fourth-order valence-corrected chi connectivity index (χ4v) is 2.37. The molecule has 3 heteroatoms. The van der Waals surface area contributed by atoms with E-state index < -0.39 is 0 Å². The molecule has 0 saturated carbocycles. The quantitative estimate of drug-likeness (QED) is 0.250. The van der Waals surface area contributed by atoms with Crippen molar-refractivity contribution in [3.8, 4) is 0 Å². The third kappa shape index (κ3) is 10.8. The van der Waals surface area contributed by atoms with E-state index in [1.54, 1.807) is 12.5 Å². The SMILES string of the molecule is CC=COC=CC.CCCCCCc1ccccc1N=Nc1ccccc1. The molecule has 0 N–H and O–H groups in total. The maximum absolute atomic E-state index is 4.77. The van der Waals surface area contributed by atoms with Crippen LogP contribution in [0, 0.1) is 0 Å². The van der Waals surface area contributed by atoms with E-state index in [0.717, 1.165) is 17.8 Å². The second-order valence-corrected chi connectivity index (χ2v) is 6.05. The van der Waals surface area contributed by atoms with Crippen molar-refractivity contribution in [3.63, 3.8) is 0 Å². The Labute approximate surface area is 164 Å². The van der Waals surface area contributed by atoms with E-state index in [-0.39, 0.29) is 0 Å². The Morgan fingerprint density at radius 2 is 1.44 bits per heavy atom. The summed E-state index contributed by atoms with van der Waals surface area (Å²) in [6, 6.07) is 18.2. The molecule has 0 bridgehead atoms. The van der Waals surface area contributed by atoms with Crippen molar-refractivity contribution in [2.24, 2.45) is 10.2 Å². The summed E-state index contributed by atoms with van der Waals surface area (Å²) in [7, 11) is 0. The minimum Gasteiger partial charge on any atom is -0.473 e. The summed E-state index contributed by atoms with van der Waals surface area (Å²) >= 11 is 0. The van der Waals surface area contributed by atoms with E-state index in [9.17, 15) is 0 Å². The van der Waals surface area contributed by atoms with Crippen LogP contribution in [0.5, 0.6) is 0 Å². The van der Waals surface area contributed by atoms with Gasteiger partial charge in [0.05, 0.1) is 23.9 Å². The van der Waals surface area contributed by atoms with Crippen LogP contribution in [0.4, 0.5) is 11.4 Å². The van der Waals surface area contributed by atoms with Crippen molar-refractivity contribution >= 4 is 11.4 Å². The van der Waals surface area contributed by atoms with Crippen LogP contribution in [0.1, 0.15) is 52.0 Å². The average molecular weight is 365 g/mol. The number of ether oxygens (including phenoxy) is 1. The summed E-state index contributed by atoms with van der Waals surface area (Å²) in [4.78, 5) is 0. The average Bonchev–Trinajstić information content (AvgIpc) is 2.72. The molecule has 0 amide bonds. The Morgan fingerprint density at radius 1 is 0.778 bits per heavy atom. The van der Waals surface area contributed by atoms with Gasteiger partial charge in [-0.25, -0.2) is 0 Å². The number of benzene rings is 2. The molecule has 2 aromatic rings. The van der Waals surface area contributed by atoms with Crippen LogP contribution in [-0.4, -0.2) is 0 Å². The molecule has 0 aromatic heterocycles. The first-order valence-corrected chi connectivity index (χ1v) is 9.74. The topological polar surface area (TPSA) is 34.0 Å². The highest BCUT2D eigenvalue weighted by Crippen LogP contribution is 2.23. The summed E-state index contributed by atoms with van der Waals surface area (Å²) in [5.74, 6) is 0. The van der Waals surface area contributed by atoms with Crippen LogP contribution in [0.25, 0.3) is 0 Å². The van der Waals surface area contributed by atoms with Gasteiger partial charge in [0.1, 0.15) is 0 Å². The van der Waals surface area contributed by atoms with Crippen LogP contribution in [0.2, 0.25) is 0 Å². The van der Waals surface area contributed by atoms with Gasteiger partial charge in [-0.2, -0.15) is 10.2 Å². The Balaban J connectivity index is 0.000000445. The molecule has 0 spiro atoms. The first-order valence-electron chi connectivity index (χ1n) is 9.74. The molecule has 2 aromatic carbocycles. The molecule has 0 aliphatic carbocycles. The zero-order valence-electron chi connectivity index (χ0n) is 16.8. The van der Waals surface area contributed by atoms with Crippen LogP contribution < -0.4 is 0 Å². The van der Waals surface area contributed by atoms with Crippen molar-refractivity contribution in [2.45, 2.75) is 52.9 Å². The number of unbranched alkanes of at least 4 members (excludes halogenated alkanes) is 3. The molecule has 0 radical (unpaired) electrons. The minimum atomic E-state index is 0.897. The third-order valence-electron chi connectivity index (χ3n) is 3.75. The number of hydrogen-bond acceptors (Lipinski definition) is 3. The van der Waals surface area contributed by atoms with Gasteiger partial charge in [-0.05, 0) is 50.5 Å². The molecule has 0 saturated heterocycles. The second kappa shape index (κ2) is 15.6. The third-order valence-corrected chi connectivity index (χ3v) is 3.75. The van der Waals surface area contributed by atoms with Crippen LogP contribution in [-0.2, 0) is 11.2 Å². The zero-order valence-corrected chi connectivity index (χ0v) is 16.8. The molecule has 2 rings (SSSR count). The molecule has 144 valence electrons. The molecule has 0 aliphatic rings. The molecule has 0 aliphatic heterocycles. The first kappa shape index (κ1) is 22.4. The highest BCUT2D eigenvalue weighted by Gasteiger charge is 2.00. The largest absolute Gasteiger partial charge is 0.473 e. The lowest BCUT2D eigenvalue weighted by atomic mass is 10.0. The summed E-state index contributed by atoms with van der Waals surface area (Å²) in [6.45, 7) is 6.05. The highest BCUT2D eigenvalue weighted by molar-refractivity contribution is 5.46. The monoisotopic (exact) mass is 364 g/mol. The number of allylic oxidation sites excluding steroid dienone is 2. The fraction of sp³-hybridized carbons (Fsp3) is 0.333. The summed E-state index contributed by atoms with van der Waals surface area (Å²) < 4.78 is 4.77. The molecule has 0 heterocycles.